The van der Waals surface area contributed by atoms with Gasteiger partial charge in [0, 0.05) is 13.0 Å². The van der Waals surface area contributed by atoms with E-state index in [1.807, 2.05) is 0 Å². The second-order valence-corrected chi connectivity index (χ2v) is 5.54. The third-order valence-corrected chi connectivity index (χ3v) is 4.15. The normalized spacial score (nSPS) is 28.2. The van der Waals surface area contributed by atoms with E-state index in [9.17, 15) is 9.90 Å². The molecule has 0 amide bonds. The van der Waals surface area contributed by atoms with Crippen molar-refractivity contribution in [1.29, 1.82) is 0 Å². The number of hydrogen-bond acceptors (Lipinski definition) is 3. The first-order valence-corrected chi connectivity index (χ1v) is 7.08. The van der Waals surface area contributed by atoms with Gasteiger partial charge in [-0.05, 0) is 38.5 Å². The first-order chi connectivity index (χ1) is 8.21. The number of ether oxygens (including phenoxy) is 1. The Morgan fingerprint density at radius 2 is 2.00 bits per heavy atom. The molecule has 3 nitrogen and oxygen atoms in total. The summed E-state index contributed by atoms with van der Waals surface area (Å²) in [5.74, 6) is 0.0650. The molecule has 1 saturated heterocycles. The van der Waals surface area contributed by atoms with Crippen molar-refractivity contribution in [3.63, 3.8) is 0 Å². The summed E-state index contributed by atoms with van der Waals surface area (Å²) in [7, 11) is 0. The van der Waals surface area contributed by atoms with Crippen molar-refractivity contribution in [2.75, 3.05) is 6.61 Å². The van der Waals surface area contributed by atoms with Crippen molar-refractivity contribution in [3.8, 4) is 0 Å². The van der Waals surface area contributed by atoms with Gasteiger partial charge in [0.15, 0.2) is 5.78 Å². The first kappa shape index (κ1) is 13.0. The lowest BCUT2D eigenvalue weighted by molar-refractivity contribution is -0.140. The molecule has 3 heteroatoms. The Morgan fingerprint density at radius 1 is 1.24 bits per heavy atom. The predicted octanol–water partition coefficient (Wildman–Crippen LogP) is 2.60. The average molecular weight is 240 g/mol. The van der Waals surface area contributed by atoms with E-state index in [4.69, 9.17) is 4.74 Å². The highest BCUT2D eigenvalue weighted by atomic mass is 16.5. The Balaban J connectivity index is 1.68. The fraction of sp³-hybridized carbons (Fsp3) is 0.929. The zero-order chi connectivity index (χ0) is 12.1. The fourth-order valence-electron chi connectivity index (χ4n) is 3.01. The van der Waals surface area contributed by atoms with E-state index in [1.54, 1.807) is 0 Å². The summed E-state index contributed by atoms with van der Waals surface area (Å²) in [4.78, 5) is 12.0. The Kier molecular flexibility index (Phi) is 4.57. The molecule has 0 spiro atoms. The molecule has 0 aromatic heterocycles. The van der Waals surface area contributed by atoms with Crippen LogP contribution in [0.15, 0.2) is 0 Å². The van der Waals surface area contributed by atoms with Gasteiger partial charge in [-0.2, -0.15) is 0 Å². The lowest BCUT2D eigenvalue weighted by atomic mass is 9.80. The molecule has 2 fully saturated rings. The molecule has 0 aromatic carbocycles. The maximum Gasteiger partial charge on any atom is 0.164 e. The third kappa shape index (κ3) is 3.52. The molecule has 17 heavy (non-hydrogen) atoms. The summed E-state index contributed by atoms with van der Waals surface area (Å²) in [6.07, 6.45) is 9.51. The maximum atomic E-state index is 12.0. The molecule has 1 atom stereocenters. The van der Waals surface area contributed by atoms with Gasteiger partial charge >= 0.3 is 0 Å². The summed E-state index contributed by atoms with van der Waals surface area (Å²) in [6, 6.07) is 0. The van der Waals surface area contributed by atoms with Crippen LogP contribution in [0.25, 0.3) is 0 Å². The summed E-state index contributed by atoms with van der Waals surface area (Å²) in [6.45, 7) is 0.878. The fourth-order valence-corrected chi connectivity index (χ4v) is 3.01. The molecule has 1 heterocycles. The van der Waals surface area contributed by atoms with Crippen molar-refractivity contribution in [3.05, 3.63) is 0 Å². The molecular weight excluding hydrogens is 216 g/mol. The summed E-state index contributed by atoms with van der Waals surface area (Å²) in [5, 5.41) is 10.3. The number of carbonyl (C=O) groups is 1. The third-order valence-electron chi connectivity index (χ3n) is 4.15. The average Bonchev–Trinajstić information content (AvgIpc) is 2.83. The van der Waals surface area contributed by atoms with Crippen LogP contribution in [0.2, 0.25) is 0 Å². The van der Waals surface area contributed by atoms with Crippen molar-refractivity contribution in [2.45, 2.75) is 75.9 Å². The SMILES string of the molecule is O=C(CCCC1CCCO1)C1(O)CCCCC1. The largest absolute Gasteiger partial charge is 0.382 e. The standard InChI is InChI=1S/C14H24O3/c15-13(14(16)9-2-1-3-10-14)8-4-6-12-7-5-11-17-12/h12,16H,1-11H2. The van der Waals surface area contributed by atoms with Crippen molar-refractivity contribution >= 4 is 5.78 Å². The smallest absolute Gasteiger partial charge is 0.164 e. The Labute approximate surface area is 104 Å². The zero-order valence-corrected chi connectivity index (χ0v) is 10.6. The van der Waals surface area contributed by atoms with Gasteiger partial charge in [-0.25, -0.2) is 0 Å². The molecule has 0 bridgehead atoms. The number of carbonyl (C=O) groups excluding carboxylic acids is 1. The molecule has 1 aliphatic carbocycles. The van der Waals surface area contributed by atoms with Gasteiger partial charge in [-0.3, -0.25) is 4.79 Å². The molecule has 0 radical (unpaired) electrons. The summed E-state index contributed by atoms with van der Waals surface area (Å²) in [5.41, 5.74) is -0.991. The monoisotopic (exact) mass is 240 g/mol. The lowest BCUT2D eigenvalue weighted by Crippen LogP contribution is -2.40. The van der Waals surface area contributed by atoms with Gasteiger partial charge in [0.25, 0.3) is 0 Å². The highest BCUT2D eigenvalue weighted by Crippen LogP contribution is 2.30. The highest BCUT2D eigenvalue weighted by Gasteiger charge is 2.36. The van der Waals surface area contributed by atoms with E-state index in [0.29, 0.717) is 25.4 Å². The number of ketones is 1. The Morgan fingerprint density at radius 3 is 2.65 bits per heavy atom. The quantitative estimate of drug-likeness (QED) is 0.803. The second kappa shape index (κ2) is 5.96. The minimum Gasteiger partial charge on any atom is -0.382 e. The van der Waals surface area contributed by atoms with Crippen LogP contribution in [-0.2, 0) is 9.53 Å². The number of rotatable bonds is 5. The minimum atomic E-state index is -0.991. The van der Waals surface area contributed by atoms with E-state index in [0.717, 1.165) is 51.6 Å². The van der Waals surface area contributed by atoms with Gasteiger partial charge in [0.1, 0.15) is 5.60 Å². The van der Waals surface area contributed by atoms with E-state index in [1.165, 1.54) is 0 Å². The van der Waals surface area contributed by atoms with Crippen molar-refractivity contribution in [1.82, 2.24) is 0 Å². The highest BCUT2D eigenvalue weighted by molar-refractivity contribution is 5.87. The topological polar surface area (TPSA) is 46.5 Å². The van der Waals surface area contributed by atoms with Crippen LogP contribution in [0.4, 0.5) is 0 Å². The van der Waals surface area contributed by atoms with Crippen LogP contribution >= 0.6 is 0 Å². The molecule has 1 aliphatic heterocycles. The number of aliphatic hydroxyl groups is 1. The minimum absolute atomic E-state index is 0.0650. The predicted molar refractivity (Wildman–Crippen MR) is 65.9 cm³/mol. The summed E-state index contributed by atoms with van der Waals surface area (Å²) < 4.78 is 5.53. The van der Waals surface area contributed by atoms with Crippen LogP contribution in [0.1, 0.15) is 64.2 Å². The van der Waals surface area contributed by atoms with Crippen LogP contribution in [0, 0.1) is 0 Å². The number of Topliss-reactive ketones (excluding diaryl/α,β-unsaturated/α-hetero) is 1. The van der Waals surface area contributed by atoms with Crippen molar-refractivity contribution < 1.29 is 14.6 Å². The van der Waals surface area contributed by atoms with Gasteiger partial charge in [0.05, 0.1) is 6.10 Å². The van der Waals surface area contributed by atoms with Gasteiger partial charge < -0.3 is 9.84 Å². The number of hydrogen-bond donors (Lipinski definition) is 1. The van der Waals surface area contributed by atoms with E-state index in [2.05, 4.69) is 0 Å². The maximum absolute atomic E-state index is 12.0. The van der Waals surface area contributed by atoms with E-state index >= 15 is 0 Å². The van der Waals surface area contributed by atoms with Crippen LogP contribution in [-0.4, -0.2) is 29.2 Å². The van der Waals surface area contributed by atoms with E-state index < -0.39 is 5.60 Å². The lowest BCUT2D eigenvalue weighted by Gasteiger charge is -2.30. The molecular formula is C14H24O3. The van der Waals surface area contributed by atoms with Crippen LogP contribution in [0.3, 0.4) is 0 Å². The van der Waals surface area contributed by atoms with Gasteiger partial charge in [-0.15, -0.1) is 0 Å². The van der Waals surface area contributed by atoms with Crippen LogP contribution in [0.5, 0.6) is 0 Å². The molecule has 1 N–H and O–H groups in total. The first-order valence-electron chi connectivity index (χ1n) is 7.08. The molecule has 98 valence electrons. The van der Waals surface area contributed by atoms with Gasteiger partial charge in [-0.1, -0.05) is 19.3 Å². The van der Waals surface area contributed by atoms with Gasteiger partial charge in [0.2, 0.25) is 0 Å². The molecule has 2 aliphatic rings. The summed E-state index contributed by atoms with van der Waals surface area (Å²) >= 11 is 0. The Bertz CT molecular complexity index is 250. The molecule has 1 saturated carbocycles. The van der Waals surface area contributed by atoms with Crippen molar-refractivity contribution in [2.24, 2.45) is 0 Å². The Hall–Kier alpha value is -0.410. The van der Waals surface area contributed by atoms with Crippen LogP contribution < -0.4 is 0 Å². The molecule has 0 aromatic rings. The zero-order valence-electron chi connectivity index (χ0n) is 10.6. The second-order valence-electron chi connectivity index (χ2n) is 5.54. The molecule has 2 rings (SSSR count). The molecule has 1 unspecified atom stereocenters. The van der Waals surface area contributed by atoms with E-state index in [-0.39, 0.29) is 5.78 Å².